The molecule has 48 heteroatoms. The number of hydrogen-bond acceptors (Lipinski definition) is 26. The lowest BCUT2D eigenvalue weighted by molar-refractivity contribution is -0.144. The Morgan fingerprint density at radius 2 is 0.970 bits per heavy atom. The molecule has 2 aromatic rings. The highest BCUT2D eigenvalue weighted by atomic mass is 32.2. The first-order valence-electron chi connectivity index (χ1n) is 44.7. The Hall–Kier alpha value is -12.0. The van der Waals surface area contributed by atoms with E-state index in [0.29, 0.717) is 42.7 Å². The highest BCUT2D eigenvalue weighted by Crippen LogP contribution is 2.33. The van der Waals surface area contributed by atoms with Gasteiger partial charge in [0.1, 0.15) is 78.5 Å². The molecule has 0 aromatic heterocycles. The second-order valence-corrected chi connectivity index (χ2v) is 35.4. The van der Waals surface area contributed by atoms with E-state index in [9.17, 15) is 102 Å². The van der Waals surface area contributed by atoms with Crippen molar-refractivity contribution >= 4 is 142 Å². The molecule has 133 heavy (non-hydrogen) atoms. The number of aliphatic carboxylic acids is 1. The first kappa shape index (κ1) is 110. The number of nitrogens with zero attached hydrogens (tertiary/aromatic N) is 2. The van der Waals surface area contributed by atoms with Crippen molar-refractivity contribution < 1.29 is 106 Å². The molecule has 2 aromatic carbocycles. The summed E-state index contributed by atoms with van der Waals surface area (Å²) in [6.07, 6.45) is 3.53. The van der Waals surface area contributed by atoms with Crippen LogP contribution in [0.4, 0.5) is 4.79 Å². The molecule has 0 radical (unpaired) electrons. The summed E-state index contributed by atoms with van der Waals surface area (Å²) in [6, 6.07) is -4.07. The first-order chi connectivity index (χ1) is 63.4. The van der Waals surface area contributed by atoms with Gasteiger partial charge in [0.2, 0.25) is 100 Å². The van der Waals surface area contributed by atoms with Crippen molar-refractivity contribution in [3.63, 3.8) is 0 Å². The van der Waals surface area contributed by atoms with E-state index < -0.39 is 236 Å². The summed E-state index contributed by atoms with van der Waals surface area (Å²) in [7, 11) is 0. The van der Waals surface area contributed by atoms with Crippen molar-refractivity contribution in [2.45, 2.75) is 263 Å². The Morgan fingerprint density at radius 3 is 1.52 bits per heavy atom. The molecular formula is C85H132N24O22S2. The SMILES string of the molecule is CSCC[C@H](NC(=O)[C@H](C)NC(=O)CNC(=O)[C@H](Cc1ccccc1)NC(=O)[C@H](Cc1ccccc1)NC(=O)[C@H](CCC(N)=O)NC(=O)[C@H](CCC(N)=O)NC(=O)[C@@H]1CCCN1C(=O)[C@H](C)NC(=O)[C@@H]1CCCN1C(=O)[C@H](CCCNC(=N)N)NC(=O)[C@H](CCCCNC(=O)CCCCC1SCC2NC(=O)NC21)NC(=O)[C@H](CO)NC(=O)[C@H](CO)NC(=O)[C@@H](N)CCCCN)C(=O)O. The van der Waals surface area contributed by atoms with Gasteiger partial charge in [-0.05, 0) is 146 Å². The number of carbonyl (C=O) groups is 19. The molecule has 4 aliphatic rings. The molecular weight excluding hydrogens is 1770 g/mol. The minimum atomic E-state index is -1.80. The Morgan fingerprint density at radius 1 is 0.489 bits per heavy atom. The third kappa shape index (κ3) is 37.5. The molecule has 4 fully saturated rings. The average molecular weight is 1910 g/mol. The number of amides is 19. The van der Waals surface area contributed by atoms with Gasteiger partial charge >= 0.3 is 12.0 Å². The van der Waals surface area contributed by atoms with E-state index in [4.69, 9.17) is 34.1 Å². The van der Waals surface area contributed by atoms with Gasteiger partial charge in [-0.2, -0.15) is 23.5 Å². The molecule has 0 bridgehead atoms. The molecule has 0 saturated carbocycles. The number of benzene rings is 2. The number of carboxylic acid groups (broad SMARTS) is 1. The molecule has 3 unspecified atom stereocenters. The lowest BCUT2D eigenvalue weighted by Gasteiger charge is -2.32. The lowest BCUT2D eigenvalue weighted by atomic mass is 10.0. The molecule has 4 saturated heterocycles. The summed E-state index contributed by atoms with van der Waals surface area (Å²) in [4.78, 5) is 262. The van der Waals surface area contributed by atoms with Crippen LogP contribution >= 0.6 is 23.5 Å². The molecule has 30 N–H and O–H groups in total. The van der Waals surface area contributed by atoms with Crippen molar-refractivity contribution in [2.75, 3.05) is 70.2 Å². The average Bonchev–Trinajstić information content (AvgIpc) is 1.69. The zero-order valence-corrected chi connectivity index (χ0v) is 76.8. The number of unbranched alkanes of at least 4 members (excludes halogenated alkanes) is 3. The monoisotopic (exact) mass is 1900 g/mol. The number of nitrogens with two attached hydrogens (primary N) is 5. The Bertz CT molecular complexity index is 4320. The number of fused-ring (bicyclic) bond motifs is 1. The van der Waals surface area contributed by atoms with Crippen molar-refractivity contribution in [2.24, 2.45) is 28.7 Å². The minimum absolute atomic E-state index is 0.000889. The Labute approximate surface area is 779 Å². The Balaban J connectivity index is 1.15. The lowest BCUT2D eigenvalue weighted by Crippen LogP contribution is -2.61. The van der Waals surface area contributed by atoms with Crippen molar-refractivity contribution in [1.29, 1.82) is 5.41 Å². The van der Waals surface area contributed by atoms with Crippen LogP contribution < -0.4 is 114 Å². The predicted octanol–water partition coefficient (Wildman–Crippen LogP) is -6.97. The standard InChI is InChI=1S/C85H132N24O22S2/c1-47(70(116)101-56(83(129)130)34-40-132-3)95-68(115)43-94-72(118)57(41-49-19-6-4-7-20-49)102-76(122)58(42-50-21-8-5-9-22-50)103-75(121)53(30-32-65(88)112)98-74(120)54(31-33-66(89)113)99-80(126)63-27-17-38-108(63)81(127)48(2)96-79(125)62-26-18-39-109(62)82(128)55(25-16-37-93-84(90)91)100-73(119)52(24-13-15-36-92-67(114)29-11-10-28-64-69-61(46-133-64)106-85(131)107-69)97-77(123)60(45-111)105-78(124)59(44-110)104-71(117)51(87)23-12-14-35-86/h4-9,19-22,47-48,51-64,69,110-111H,10-18,23-46,86-87H2,1-3H3,(H2,88,112)(H2,89,113)(H,92,114)(H,94,118)(H,95,115)(H,96,125)(H,97,123)(H,98,120)(H,99,126)(H,100,119)(H,101,116)(H,102,122)(H,103,121)(H,104,117)(H,105,124)(H,129,130)(H4,90,91,93)(H2,106,107,131)/t47-,48-,51-,52-,53-,54-,55-,56-,57-,58-,59-,60-,61?,62-,63-,64?,69?/m0/s1. The zero-order valence-electron chi connectivity index (χ0n) is 75.1. The number of carbonyl (C=O) groups excluding carboxylic acids is 18. The van der Waals surface area contributed by atoms with Gasteiger partial charge in [-0.3, -0.25) is 86.9 Å². The number of guanidine groups is 1. The number of carboxylic acids is 1. The largest absolute Gasteiger partial charge is 0.480 e. The van der Waals surface area contributed by atoms with Crippen LogP contribution in [0.1, 0.15) is 160 Å². The van der Waals surface area contributed by atoms with Crippen LogP contribution in [0.5, 0.6) is 0 Å². The fourth-order valence-electron chi connectivity index (χ4n) is 15.4. The summed E-state index contributed by atoms with van der Waals surface area (Å²) >= 11 is 3.13. The fourth-order valence-corrected chi connectivity index (χ4v) is 17.4. The molecule has 4 heterocycles. The van der Waals surface area contributed by atoms with Gasteiger partial charge in [0, 0.05) is 69.3 Å². The summed E-state index contributed by atoms with van der Waals surface area (Å²) in [5.41, 5.74) is 29.3. The maximum atomic E-state index is 15.0. The normalized spacial score (nSPS) is 18.7. The summed E-state index contributed by atoms with van der Waals surface area (Å²) in [5, 5.41) is 79.6. The smallest absolute Gasteiger partial charge is 0.326 e. The summed E-state index contributed by atoms with van der Waals surface area (Å²) in [6.45, 7) is 0.269. The van der Waals surface area contributed by atoms with Crippen LogP contribution in [-0.4, -0.2) is 316 Å². The highest BCUT2D eigenvalue weighted by Gasteiger charge is 2.45. The highest BCUT2D eigenvalue weighted by molar-refractivity contribution is 8.00. The maximum absolute atomic E-state index is 15.0. The molecule has 0 aliphatic carbocycles. The molecule has 17 atom stereocenters. The van der Waals surface area contributed by atoms with E-state index in [0.717, 1.165) is 23.5 Å². The zero-order chi connectivity index (χ0) is 97.8. The number of primary amides is 2. The van der Waals surface area contributed by atoms with Crippen molar-refractivity contribution in [3.8, 4) is 0 Å². The van der Waals surface area contributed by atoms with Crippen LogP contribution in [0.25, 0.3) is 0 Å². The molecule has 6 rings (SSSR count). The molecule has 4 aliphatic heterocycles. The van der Waals surface area contributed by atoms with Crippen LogP contribution in [0.3, 0.4) is 0 Å². The molecule has 0 spiro atoms. The third-order valence-corrected chi connectivity index (χ3v) is 24.9. The van der Waals surface area contributed by atoms with Crippen LogP contribution in [0.15, 0.2) is 60.7 Å². The second-order valence-electron chi connectivity index (χ2n) is 33.1. The molecule has 46 nitrogen and oxygen atoms in total. The predicted molar refractivity (Wildman–Crippen MR) is 488 cm³/mol. The fraction of sp³-hybridized carbons (Fsp3) is 0.624. The van der Waals surface area contributed by atoms with Gasteiger partial charge < -0.3 is 139 Å². The van der Waals surface area contributed by atoms with E-state index in [-0.39, 0.29) is 145 Å². The number of rotatable bonds is 60. The second kappa shape index (κ2) is 57.4. The number of urea groups is 1. The van der Waals surface area contributed by atoms with Gasteiger partial charge in [0.05, 0.1) is 37.9 Å². The number of nitrogens with one attached hydrogen (secondary N) is 17. The third-order valence-electron chi connectivity index (χ3n) is 22.8. The summed E-state index contributed by atoms with van der Waals surface area (Å²) < 4.78 is 0. The van der Waals surface area contributed by atoms with Crippen molar-refractivity contribution in [3.05, 3.63) is 71.8 Å². The number of aliphatic hydroxyl groups excluding tert-OH is 2. The van der Waals surface area contributed by atoms with Gasteiger partial charge in [0.25, 0.3) is 0 Å². The van der Waals surface area contributed by atoms with Crippen LogP contribution in [0, 0.1) is 5.41 Å². The van der Waals surface area contributed by atoms with E-state index in [1.165, 1.54) is 30.5 Å². The van der Waals surface area contributed by atoms with Gasteiger partial charge in [-0.25, -0.2) is 9.59 Å². The number of likely N-dealkylation sites (tertiary alicyclic amines) is 2. The number of aliphatic hydroxyl groups is 2. The van der Waals surface area contributed by atoms with E-state index >= 15 is 4.79 Å². The molecule has 736 valence electrons. The van der Waals surface area contributed by atoms with Crippen LogP contribution in [0.2, 0.25) is 0 Å². The first-order valence-corrected chi connectivity index (χ1v) is 47.2. The Kier molecular flexibility index (Phi) is 47.4. The van der Waals surface area contributed by atoms with Gasteiger partial charge in [0.15, 0.2) is 5.96 Å². The van der Waals surface area contributed by atoms with Gasteiger partial charge in [-0.1, -0.05) is 73.5 Å². The summed E-state index contributed by atoms with van der Waals surface area (Å²) in [5.74, 6) is -15.6. The van der Waals surface area contributed by atoms with Crippen LogP contribution in [-0.2, 0) is 99.1 Å². The van der Waals surface area contributed by atoms with E-state index in [2.05, 4.69) is 85.1 Å². The maximum Gasteiger partial charge on any atom is 0.326 e. The van der Waals surface area contributed by atoms with E-state index in [1.807, 2.05) is 0 Å². The quantitative estimate of drug-likeness (QED) is 0.0127. The van der Waals surface area contributed by atoms with Gasteiger partial charge in [-0.15, -0.1) is 0 Å². The number of hydrogen-bond donors (Lipinski definition) is 25. The minimum Gasteiger partial charge on any atom is -0.480 e. The number of thioether (sulfide) groups is 2. The van der Waals surface area contributed by atoms with E-state index in [1.54, 1.807) is 78.7 Å². The topological polar surface area (TPSA) is 738 Å². The van der Waals surface area contributed by atoms with Crippen molar-refractivity contribution in [1.82, 2.24) is 94.9 Å². The molecule has 19 amide bonds.